The molecule has 0 amide bonds. The first-order chi connectivity index (χ1) is 7.84. The maximum atomic E-state index is 12.5. The molecule has 0 spiro atoms. The Hall–Kier alpha value is -1.24. The molecule has 94 valence electrons. The summed E-state index contributed by atoms with van der Waals surface area (Å²) in [6.07, 6.45) is 0.862. The molecule has 1 aromatic carbocycles. The summed E-state index contributed by atoms with van der Waals surface area (Å²) in [5.74, 6) is 0. The predicted octanol–water partition coefficient (Wildman–Crippen LogP) is 2.19. The number of hydrogen-bond donors (Lipinski definition) is 0. The molecule has 0 atom stereocenters. The van der Waals surface area contributed by atoms with Crippen LogP contribution in [-0.4, -0.2) is 27.0 Å². The van der Waals surface area contributed by atoms with Gasteiger partial charge in [-0.05, 0) is 18.6 Å². The van der Waals surface area contributed by atoms with Crippen LogP contribution in [0.15, 0.2) is 29.2 Å². The summed E-state index contributed by atoms with van der Waals surface area (Å²) < 4.78 is 60.2. The van der Waals surface area contributed by atoms with Gasteiger partial charge in [-0.1, -0.05) is 12.1 Å². The zero-order valence-corrected chi connectivity index (χ0v) is 9.55. The number of hydrogen-bond acceptors (Lipinski definition) is 3. The third-order valence-corrected chi connectivity index (χ3v) is 4.19. The van der Waals surface area contributed by atoms with Crippen molar-refractivity contribution in [2.24, 2.45) is 0 Å². The van der Waals surface area contributed by atoms with Gasteiger partial charge in [-0.2, -0.15) is 13.2 Å². The van der Waals surface area contributed by atoms with Crippen LogP contribution in [-0.2, 0) is 9.84 Å². The van der Waals surface area contributed by atoms with Crippen molar-refractivity contribution in [2.75, 3.05) is 18.0 Å². The number of para-hydroxylation sites is 1. The Labute approximate surface area is 96.8 Å². The van der Waals surface area contributed by atoms with Crippen molar-refractivity contribution < 1.29 is 21.6 Å². The molecular weight excluding hydrogens is 255 g/mol. The van der Waals surface area contributed by atoms with E-state index >= 15 is 0 Å². The number of alkyl halides is 3. The number of nitrogens with zero attached hydrogens (tertiary/aromatic N) is 1. The largest absolute Gasteiger partial charge is 0.501 e. The molecule has 1 heterocycles. The van der Waals surface area contributed by atoms with Gasteiger partial charge in [-0.15, -0.1) is 0 Å². The van der Waals surface area contributed by atoms with Crippen LogP contribution in [0.25, 0.3) is 0 Å². The molecular formula is C10H10F3NO2S. The Morgan fingerprint density at radius 1 is 1.12 bits per heavy atom. The zero-order chi connectivity index (χ0) is 12.7. The van der Waals surface area contributed by atoms with Crippen LogP contribution >= 0.6 is 0 Å². The fraction of sp³-hybridized carbons (Fsp3) is 0.400. The van der Waals surface area contributed by atoms with E-state index in [2.05, 4.69) is 0 Å². The highest BCUT2D eigenvalue weighted by molar-refractivity contribution is 7.92. The number of sulfone groups is 1. The van der Waals surface area contributed by atoms with Crippen LogP contribution in [0.3, 0.4) is 0 Å². The van der Waals surface area contributed by atoms with Gasteiger partial charge in [-0.3, -0.25) is 0 Å². The van der Waals surface area contributed by atoms with Crippen molar-refractivity contribution in [1.82, 2.24) is 0 Å². The summed E-state index contributed by atoms with van der Waals surface area (Å²) in [5.41, 5.74) is -5.12. The minimum absolute atomic E-state index is 0.135. The first-order valence-electron chi connectivity index (χ1n) is 4.99. The molecule has 0 radical (unpaired) electrons. The Kier molecular flexibility index (Phi) is 2.81. The standard InChI is InChI=1S/C10H10F3NO2S/c11-10(12,13)17(15,16)9-5-2-1-4-8(9)14-6-3-7-14/h1-2,4-5H,3,6-7H2. The molecule has 17 heavy (non-hydrogen) atoms. The first-order valence-corrected chi connectivity index (χ1v) is 6.48. The van der Waals surface area contributed by atoms with Crippen molar-refractivity contribution >= 4 is 15.5 Å². The second kappa shape index (κ2) is 3.90. The molecule has 0 aliphatic carbocycles. The lowest BCUT2D eigenvalue weighted by atomic mass is 10.2. The van der Waals surface area contributed by atoms with Crippen LogP contribution in [0.4, 0.5) is 18.9 Å². The van der Waals surface area contributed by atoms with Gasteiger partial charge in [0.05, 0.1) is 10.6 Å². The minimum atomic E-state index is -5.27. The summed E-state index contributed by atoms with van der Waals surface area (Å²) in [7, 11) is -5.27. The summed E-state index contributed by atoms with van der Waals surface area (Å²) in [5, 5.41) is 0. The molecule has 0 unspecified atom stereocenters. The summed E-state index contributed by atoms with van der Waals surface area (Å²) in [6.45, 7) is 1.18. The lowest BCUT2D eigenvalue weighted by molar-refractivity contribution is -0.0435. The maximum Gasteiger partial charge on any atom is 0.501 e. The fourth-order valence-electron chi connectivity index (χ4n) is 1.63. The van der Waals surface area contributed by atoms with Crippen LogP contribution < -0.4 is 4.90 Å². The topological polar surface area (TPSA) is 37.4 Å². The normalized spacial score (nSPS) is 16.8. The fourth-order valence-corrected chi connectivity index (χ4v) is 2.61. The molecule has 1 aliphatic rings. The van der Waals surface area contributed by atoms with Crippen LogP contribution in [0.2, 0.25) is 0 Å². The molecule has 0 aromatic heterocycles. The van der Waals surface area contributed by atoms with E-state index in [0.29, 0.717) is 13.1 Å². The van der Waals surface area contributed by atoms with Gasteiger partial charge in [0.1, 0.15) is 0 Å². The molecule has 1 aromatic rings. The number of anilines is 1. The van der Waals surface area contributed by atoms with Crippen molar-refractivity contribution in [2.45, 2.75) is 16.8 Å². The first kappa shape index (κ1) is 12.2. The highest BCUT2D eigenvalue weighted by Gasteiger charge is 2.48. The third kappa shape index (κ3) is 1.99. The van der Waals surface area contributed by atoms with E-state index in [-0.39, 0.29) is 5.69 Å². The highest BCUT2D eigenvalue weighted by atomic mass is 32.2. The molecule has 0 N–H and O–H groups in total. The van der Waals surface area contributed by atoms with Crippen molar-refractivity contribution in [3.05, 3.63) is 24.3 Å². The number of halogens is 3. The van der Waals surface area contributed by atoms with Crippen LogP contribution in [0, 0.1) is 0 Å². The van der Waals surface area contributed by atoms with E-state index < -0.39 is 20.2 Å². The predicted molar refractivity (Wildman–Crippen MR) is 56.5 cm³/mol. The van der Waals surface area contributed by atoms with E-state index in [1.165, 1.54) is 18.2 Å². The van der Waals surface area contributed by atoms with Gasteiger partial charge in [0.25, 0.3) is 9.84 Å². The summed E-state index contributed by atoms with van der Waals surface area (Å²) >= 11 is 0. The SMILES string of the molecule is O=S(=O)(c1ccccc1N1CCC1)C(F)(F)F. The number of rotatable bonds is 2. The van der Waals surface area contributed by atoms with E-state index in [4.69, 9.17) is 0 Å². The van der Waals surface area contributed by atoms with E-state index in [9.17, 15) is 21.6 Å². The second-order valence-corrected chi connectivity index (χ2v) is 5.67. The second-order valence-electron chi connectivity index (χ2n) is 3.76. The van der Waals surface area contributed by atoms with Gasteiger partial charge in [0, 0.05) is 13.1 Å². The van der Waals surface area contributed by atoms with Gasteiger partial charge >= 0.3 is 5.51 Å². The zero-order valence-electron chi connectivity index (χ0n) is 8.74. The van der Waals surface area contributed by atoms with E-state index in [0.717, 1.165) is 12.5 Å². The monoisotopic (exact) mass is 265 g/mol. The van der Waals surface area contributed by atoms with Gasteiger partial charge in [0.15, 0.2) is 0 Å². The van der Waals surface area contributed by atoms with Crippen molar-refractivity contribution in [3.63, 3.8) is 0 Å². The Balaban J connectivity index is 2.52. The van der Waals surface area contributed by atoms with E-state index in [1.54, 1.807) is 4.90 Å². The average Bonchev–Trinajstić information content (AvgIpc) is 2.14. The highest BCUT2D eigenvalue weighted by Crippen LogP contribution is 2.36. The average molecular weight is 265 g/mol. The minimum Gasteiger partial charge on any atom is -0.370 e. The Morgan fingerprint density at radius 2 is 1.71 bits per heavy atom. The maximum absolute atomic E-state index is 12.5. The molecule has 7 heteroatoms. The number of benzene rings is 1. The molecule has 2 rings (SSSR count). The van der Waals surface area contributed by atoms with Crippen LogP contribution in [0.5, 0.6) is 0 Å². The van der Waals surface area contributed by atoms with Gasteiger partial charge in [-0.25, -0.2) is 8.42 Å². The quantitative estimate of drug-likeness (QED) is 0.822. The van der Waals surface area contributed by atoms with Crippen LogP contribution in [0.1, 0.15) is 6.42 Å². The molecule has 3 nitrogen and oxygen atoms in total. The van der Waals surface area contributed by atoms with Gasteiger partial charge in [0.2, 0.25) is 0 Å². The third-order valence-electron chi connectivity index (χ3n) is 2.66. The molecule has 1 fully saturated rings. The Bertz CT molecular complexity index is 521. The molecule has 1 saturated heterocycles. The Morgan fingerprint density at radius 3 is 2.18 bits per heavy atom. The lowest BCUT2D eigenvalue weighted by Crippen LogP contribution is -2.38. The smallest absolute Gasteiger partial charge is 0.370 e. The van der Waals surface area contributed by atoms with E-state index in [1.807, 2.05) is 0 Å². The lowest BCUT2D eigenvalue weighted by Gasteiger charge is -2.34. The van der Waals surface area contributed by atoms with Gasteiger partial charge < -0.3 is 4.90 Å². The molecule has 0 bridgehead atoms. The van der Waals surface area contributed by atoms with Crippen molar-refractivity contribution in [1.29, 1.82) is 0 Å². The summed E-state index contributed by atoms with van der Waals surface area (Å²) in [4.78, 5) is 0.964. The molecule has 1 aliphatic heterocycles. The molecule has 0 saturated carbocycles. The summed E-state index contributed by atoms with van der Waals surface area (Å²) in [6, 6.07) is 5.22. The van der Waals surface area contributed by atoms with Crippen molar-refractivity contribution in [3.8, 4) is 0 Å².